The van der Waals surface area contributed by atoms with Gasteiger partial charge in [0.2, 0.25) is 0 Å². The highest BCUT2D eigenvalue weighted by atomic mass is 15.3. The zero-order valence-corrected chi connectivity index (χ0v) is 15.7. The number of benzene rings is 1. The summed E-state index contributed by atoms with van der Waals surface area (Å²) >= 11 is 0. The normalized spacial score (nSPS) is 23.6. The van der Waals surface area contributed by atoms with Gasteiger partial charge in [-0.2, -0.15) is 0 Å². The fourth-order valence-corrected chi connectivity index (χ4v) is 4.42. The van der Waals surface area contributed by atoms with Crippen LogP contribution in [-0.2, 0) is 0 Å². The van der Waals surface area contributed by atoms with Crippen LogP contribution in [-0.4, -0.2) is 48.6 Å². The van der Waals surface area contributed by atoms with E-state index in [4.69, 9.17) is 9.97 Å². The Morgan fingerprint density at radius 2 is 1.92 bits per heavy atom. The third-order valence-electron chi connectivity index (χ3n) is 5.93. The second-order valence-corrected chi connectivity index (χ2v) is 8.20. The van der Waals surface area contributed by atoms with E-state index < -0.39 is 0 Å². The van der Waals surface area contributed by atoms with Crippen LogP contribution in [0, 0.1) is 0 Å². The fourth-order valence-electron chi connectivity index (χ4n) is 4.42. The van der Waals surface area contributed by atoms with Crippen molar-refractivity contribution in [3.63, 3.8) is 0 Å². The van der Waals surface area contributed by atoms with Gasteiger partial charge < -0.3 is 15.1 Å². The average molecular weight is 349 g/mol. The summed E-state index contributed by atoms with van der Waals surface area (Å²) in [5.41, 5.74) is 3.05. The lowest BCUT2D eigenvalue weighted by molar-refractivity contribution is 0.425. The van der Waals surface area contributed by atoms with Crippen molar-refractivity contribution >= 4 is 11.6 Å². The Hall–Kier alpha value is -2.14. The summed E-state index contributed by atoms with van der Waals surface area (Å²) in [4.78, 5) is 14.5. The van der Waals surface area contributed by atoms with E-state index in [2.05, 4.69) is 59.5 Å². The van der Waals surface area contributed by atoms with E-state index in [0.717, 1.165) is 37.1 Å². The molecule has 1 aliphatic heterocycles. The van der Waals surface area contributed by atoms with Crippen LogP contribution in [0.4, 0.5) is 11.6 Å². The van der Waals surface area contributed by atoms with Crippen molar-refractivity contribution in [2.75, 3.05) is 43.9 Å². The van der Waals surface area contributed by atoms with Gasteiger partial charge in [0.1, 0.15) is 17.5 Å². The Morgan fingerprint density at radius 3 is 2.69 bits per heavy atom. The minimum absolute atomic E-state index is 0.479. The third kappa shape index (κ3) is 2.84. The van der Waals surface area contributed by atoms with Gasteiger partial charge in [0.05, 0.1) is 6.04 Å². The monoisotopic (exact) mass is 349 g/mol. The van der Waals surface area contributed by atoms with Gasteiger partial charge in [-0.3, -0.25) is 0 Å². The van der Waals surface area contributed by atoms with E-state index in [1.807, 2.05) is 0 Å². The topological polar surface area (TPSA) is 44.3 Å². The molecule has 1 aromatic carbocycles. The predicted molar refractivity (Wildman–Crippen MR) is 105 cm³/mol. The fraction of sp³-hybridized carbons (Fsp3) is 0.524. The van der Waals surface area contributed by atoms with Crippen molar-refractivity contribution in [2.24, 2.45) is 0 Å². The minimum atomic E-state index is 0.479. The maximum absolute atomic E-state index is 4.98. The summed E-state index contributed by atoms with van der Waals surface area (Å²) in [6.07, 6.45) is 3.69. The van der Waals surface area contributed by atoms with Gasteiger partial charge in [-0.05, 0) is 44.5 Å². The second-order valence-electron chi connectivity index (χ2n) is 8.20. The van der Waals surface area contributed by atoms with Crippen LogP contribution in [0.2, 0.25) is 0 Å². The molecule has 1 saturated heterocycles. The first kappa shape index (κ1) is 16.1. The number of rotatable bonds is 6. The lowest BCUT2D eigenvalue weighted by atomic mass is 9.99. The van der Waals surface area contributed by atoms with Crippen LogP contribution in [0.1, 0.15) is 54.1 Å². The number of hydrogen-bond donors (Lipinski definition) is 1. The van der Waals surface area contributed by atoms with E-state index in [1.165, 1.54) is 24.8 Å². The molecule has 2 atom stereocenters. The quantitative estimate of drug-likeness (QED) is 0.866. The molecule has 0 radical (unpaired) electrons. The molecule has 1 aromatic heterocycles. The van der Waals surface area contributed by atoms with Gasteiger partial charge in [0.25, 0.3) is 0 Å². The van der Waals surface area contributed by atoms with Gasteiger partial charge >= 0.3 is 0 Å². The average Bonchev–Trinajstić information content (AvgIpc) is 3.32. The van der Waals surface area contributed by atoms with E-state index in [9.17, 15) is 0 Å². The Morgan fingerprint density at radius 1 is 1.12 bits per heavy atom. The van der Waals surface area contributed by atoms with Crippen LogP contribution < -0.4 is 10.2 Å². The van der Waals surface area contributed by atoms with Gasteiger partial charge in [-0.1, -0.05) is 24.3 Å². The lowest BCUT2D eigenvalue weighted by Gasteiger charge is -2.30. The zero-order valence-electron chi connectivity index (χ0n) is 15.7. The highest BCUT2D eigenvalue weighted by Crippen LogP contribution is 2.51. The Bertz CT molecular complexity index is 814. The van der Waals surface area contributed by atoms with Crippen LogP contribution in [0.25, 0.3) is 0 Å². The molecule has 0 amide bonds. The first-order chi connectivity index (χ1) is 12.7. The summed E-state index contributed by atoms with van der Waals surface area (Å²) in [7, 11) is 4.20. The van der Waals surface area contributed by atoms with E-state index in [1.54, 1.807) is 5.56 Å². The molecule has 5 rings (SSSR count). The summed E-state index contributed by atoms with van der Waals surface area (Å²) in [6.45, 7) is 2.99. The Labute approximate surface area is 155 Å². The number of fused-ring (bicyclic) bond motifs is 5. The van der Waals surface area contributed by atoms with Gasteiger partial charge in [0.15, 0.2) is 0 Å². The number of hydrogen-bond acceptors (Lipinski definition) is 5. The number of nitrogens with zero attached hydrogens (tertiary/aromatic N) is 4. The van der Waals surface area contributed by atoms with Crippen molar-refractivity contribution < 1.29 is 0 Å². The molecule has 1 N–H and O–H groups in total. The first-order valence-electron chi connectivity index (χ1n) is 9.82. The summed E-state index contributed by atoms with van der Waals surface area (Å²) < 4.78 is 0. The molecular formula is C21H27N5. The van der Waals surface area contributed by atoms with Crippen molar-refractivity contribution in [1.82, 2.24) is 14.9 Å². The Balaban J connectivity index is 1.43. The molecule has 2 aliphatic carbocycles. The van der Waals surface area contributed by atoms with E-state index in [0.29, 0.717) is 17.9 Å². The molecule has 5 nitrogen and oxygen atoms in total. The molecule has 0 unspecified atom stereocenters. The highest BCUT2D eigenvalue weighted by Gasteiger charge is 2.43. The van der Waals surface area contributed by atoms with Crippen molar-refractivity contribution in [3.05, 3.63) is 47.3 Å². The molecule has 136 valence electrons. The summed E-state index contributed by atoms with van der Waals surface area (Å²) in [5.74, 6) is 4.34. The maximum Gasteiger partial charge on any atom is 0.136 e. The molecule has 2 heterocycles. The number of likely N-dealkylation sites (N-methyl/N-ethyl adjacent to an activating group) is 1. The molecule has 26 heavy (non-hydrogen) atoms. The van der Waals surface area contributed by atoms with Crippen molar-refractivity contribution in [1.29, 1.82) is 0 Å². The molecule has 0 spiro atoms. The number of nitrogens with one attached hydrogen (secondary N) is 1. The lowest BCUT2D eigenvalue weighted by Crippen LogP contribution is -2.28. The molecule has 2 fully saturated rings. The molecular weight excluding hydrogens is 322 g/mol. The van der Waals surface area contributed by atoms with Crippen LogP contribution in [0.3, 0.4) is 0 Å². The smallest absolute Gasteiger partial charge is 0.136 e. The molecule has 5 heteroatoms. The van der Waals surface area contributed by atoms with Crippen molar-refractivity contribution in [2.45, 2.75) is 37.1 Å². The molecule has 2 aromatic rings. The third-order valence-corrected chi connectivity index (χ3v) is 5.93. The summed E-state index contributed by atoms with van der Waals surface area (Å²) in [6, 6.07) is 11.6. The highest BCUT2D eigenvalue weighted by molar-refractivity contribution is 5.57. The number of aromatic nitrogens is 2. The predicted octanol–water partition coefficient (Wildman–Crippen LogP) is 3.38. The van der Waals surface area contributed by atoms with Crippen LogP contribution in [0.15, 0.2) is 30.3 Å². The first-order valence-corrected chi connectivity index (χ1v) is 9.82. The van der Waals surface area contributed by atoms with Gasteiger partial charge in [0, 0.05) is 37.5 Å². The van der Waals surface area contributed by atoms with Gasteiger partial charge in [-0.15, -0.1) is 0 Å². The van der Waals surface area contributed by atoms with Gasteiger partial charge in [-0.25, -0.2) is 9.97 Å². The van der Waals surface area contributed by atoms with Crippen LogP contribution in [0.5, 0.6) is 0 Å². The largest absolute Gasteiger partial charge is 0.369 e. The molecule has 1 saturated carbocycles. The van der Waals surface area contributed by atoms with Crippen LogP contribution >= 0.6 is 0 Å². The van der Waals surface area contributed by atoms with E-state index >= 15 is 0 Å². The maximum atomic E-state index is 4.98. The zero-order chi connectivity index (χ0) is 17.7. The second kappa shape index (κ2) is 6.23. The summed E-state index contributed by atoms with van der Waals surface area (Å²) in [5, 5.41) is 3.51. The molecule has 3 aliphatic rings. The molecule has 2 bridgehead atoms. The standard InChI is InChI=1S/C21H27N5/c1-25(2)10-9-22-19-12-20(24-21(23-19)14-7-8-14)26-13-15-11-18(26)17-6-4-3-5-16(15)17/h3-6,12,14-15,18H,7-11,13H2,1-2H3,(H,22,23,24)/t15-,18+/m1/s1. The Kier molecular flexibility index (Phi) is 3.85. The van der Waals surface area contributed by atoms with E-state index in [-0.39, 0.29) is 0 Å². The minimum Gasteiger partial charge on any atom is -0.369 e. The SMILES string of the molecule is CN(C)CCNc1cc(N2C[C@H]3C[C@H]2c2ccccc23)nc(C2CC2)n1. The van der Waals surface area contributed by atoms with Crippen molar-refractivity contribution in [3.8, 4) is 0 Å². The number of anilines is 2.